The van der Waals surface area contributed by atoms with Crippen LogP contribution < -0.4 is 14.8 Å². The monoisotopic (exact) mass is 311 g/mol. The van der Waals surface area contributed by atoms with Gasteiger partial charge in [0.2, 0.25) is 0 Å². The maximum atomic E-state index is 5.97. The Morgan fingerprint density at radius 3 is 2.15 bits per heavy atom. The summed E-state index contributed by atoms with van der Waals surface area (Å²) >= 11 is 11.9. The lowest BCUT2D eigenvalue weighted by Crippen LogP contribution is -2.00. The van der Waals surface area contributed by atoms with Gasteiger partial charge in [-0.15, -0.1) is 0 Å². The van der Waals surface area contributed by atoms with Crippen LogP contribution in [0.3, 0.4) is 0 Å². The van der Waals surface area contributed by atoms with E-state index in [2.05, 4.69) is 5.32 Å². The molecule has 0 atom stereocenters. The van der Waals surface area contributed by atoms with Gasteiger partial charge < -0.3 is 14.8 Å². The van der Waals surface area contributed by atoms with Crippen LogP contribution in [-0.4, -0.2) is 14.2 Å². The van der Waals surface area contributed by atoms with E-state index < -0.39 is 0 Å². The van der Waals surface area contributed by atoms with Crippen LogP contribution in [0.2, 0.25) is 10.0 Å². The Labute approximate surface area is 128 Å². The van der Waals surface area contributed by atoms with Gasteiger partial charge in [0.1, 0.15) is 0 Å². The summed E-state index contributed by atoms with van der Waals surface area (Å²) in [6, 6.07) is 11.1. The summed E-state index contributed by atoms with van der Waals surface area (Å²) in [5, 5.41) is 4.54. The molecule has 0 unspecified atom stereocenters. The molecule has 2 aromatic rings. The summed E-state index contributed by atoms with van der Waals surface area (Å²) in [6.45, 7) is 0.621. The minimum absolute atomic E-state index is 0.621. The molecule has 0 aliphatic heterocycles. The summed E-state index contributed by atoms with van der Waals surface area (Å²) in [5.74, 6) is 1.38. The predicted molar refractivity (Wildman–Crippen MR) is 83.3 cm³/mol. The summed E-state index contributed by atoms with van der Waals surface area (Å²) < 4.78 is 10.5. The third kappa shape index (κ3) is 3.71. The lowest BCUT2D eigenvalue weighted by Gasteiger charge is -2.11. The van der Waals surface area contributed by atoms with Crippen LogP contribution in [0.4, 0.5) is 5.69 Å². The van der Waals surface area contributed by atoms with Gasteiger partial charge in [0.05, 0.1) is 14.2 Å². The molecule has 0 amide bonds. The summed E-state index contributed by atoms with van der Waals surface area (Å²) in [6.07, 6.45) is 0. The molecule has 5 heteroatoms. The number of benzene rings is 2. The molecule has 0 bridgehead atoms. The SMILES string of the molecule is COc1ccc(NCc2cc(Cl)cc(Cl)c2)cc1OC. The van der Waals surface area contributed by atoms with Crippen molar-refractivity contribution in [2.75, 3.05) is 19.5 Å². The smallest absolute Gasteiger partial charge is 0.162 e. The van der Waals surface area contributed by atoms with Crippen LogP contribution >= 0.6 is 23.2 Å². The van der Waals surface area contributed by atoms with Gasteiger partial charge in [-0.05, 0) is 35.9 Å². The Morgan fingerprint density at radius 1 is 0.900 bits per heavy atom. The number of ether oxygens (including phenoxy) is 2. The highest BCUT2D eigenvalue weighted by molar-refractivity contribution is 6.34. The molecular formula is C15H15Cl2NO2. The molecule has 2 aromatic carbocycles. The van der Waals surface area contributed by atoms with Crippen molar-refractivity contribution in [2.24, 2.45) is 0 Å². The van der Waals surface area contributed by atoms with Crippen molar-refractivity contribution >= 4 is 28.9 Å². The molecule has 0 aliphatic carbocycles. The quantitative estimate of drug-likeness (QED) is 0.873. The molecular weight excluding hydrogens is 297 g/mol. The minimum Gasteiger partial charge on any atom is -0.493 e. The second-order valence-electron chi connectivity index (χ2n) is 4.20. The second-order valence-corrected chi connectivity index (χ2v) is 5.07. The Kier molecular flexibility index (Phi) is 4.99. The van der Waals surface area contributed by atoms with Gasteiger partial charge in [-0.25, -0.2) is 0 Å². The van der Waals surface area contributed by atoms with Crippen molar-refractivity contribution in [1.82, 2.24) is 0 Å². The average molecular weight is 312 g/mol. The number of hydrogen-bond acceptors (Lipinski definition) is 3. The van der Waals surface area contributed by atoms with E-state index in [0.717, 1.165) is 11.3 Å². The number of methoxy groups -OCH3 is 2. The molecule has 0 saturated heterocycles. The zero-order valence-corrected chi connectivity index (χ0v) is 12.8. The first-order valence-corrected chi connectivity index (χ1v) is 6.79. The largest absolute Gasteiger partial charge is 0.493 e. The van der Waals surface area contributed by atoms with Gasteiger partial charge in [-0.2, -0.15) is 0 Å². The standard InChI is InChI=1S/C15H15Cl2NO2/c1-19-14-4-3-13(8-15(14)20-2)18-9-10-5-11(16)7-12(17)6-10/h3-8,18H,9H2,1-2H3. The van der Waals surface area contributed by atoms with Gasteiger partial charge in [0, 0.05) is 28.3 Å². The van der Waals surface area contributed by atoms with E-state index in [0.29, 0.717) is 28.1 Å². The van der Waals surface area contributed by atoms with E-state index in [1.807, 2.05) is 30.3 Å². The summed E-state index contributed by atoms with van der Waals surface area (Å²) in [4.78, 5) is 0. The third-order valence-electron chi connectivity index (χ3n) is 2.80. The molecule has 0 spiro atoms. The number of nitrogens with one attached hydrogen (secondary N) is 1. The van der Waals surface area contributed by atoms with Gasteiger partial charge in [0.25, 0.3) is 0 Å². The Bertz CT molecular complexity index is 582. The molecule has 20 heavy (non-hydrogen) atoms. The Hall–Kier alpha value is -1.58. The fourth-order valence-corrected chi connectivity index (χ4v) is 2.43. The predicted octanol–water partition coefficient (Wildman–Crippen LogP) is 4.62. The topological polar surface area (TPSA) is 30.5 Å². The van der Waals surface area contributed by atoms with E-state index in [-0.39, 0.29) is 0 Å². The highest BCUT2D eigenvalue weighted by Crippen LogP contribution is 2.30. The van der Waals surface area contributed by atoms with Crippen LogP contribution in [0, 0.1) is 0 Å². The zero-order chi connectivity index (χ0) is 14.5. The molecule has 0 aromatic heterocycles. The highest BCUT2D eigenvalue weighted by atomic mass is 35.5. The van der Waals surface area contributed by atoms with Crippen molar-refractivity contribution in [3.05, 3.63) is 52.0 Å². The van der Waals surface area contributed by atoms with E-state index in [1.54, 1.807) is 20.3 Å². The first-order chi connectivity index (χ1) is 9.62. The first kappa shape index (κ1) is 14.8. The van der Waals surface area contributed by atoms with Crippen molar-refractivity contribution in [2.45, 2.75) is 6.54 Å². The molecule has 0 heterocycles. The van der Waals surface area contributed by atoms with Gasteiger partial charge in [-0.1, -0.05) is 23.2 Å². The van der Waals surface area contributed by atoms with Crippen LogP contribution in [0.5, 0.6) is 11.5 Å². The molecule has 106 valence electrons. The van der Waals surface area contributed by atoms with Crippen molar-refractivity contribution in [3.8, 4) is 11.5 Å². The number of hydrogen-bond donors (Lipinski definition) is 1. The van der Waals surface area contributed by atoms with Crippen LogP contribution in [0.1, 0.15) is 5.56 Å². The van der Waals surface area contributed by atoms with Crippen molar-refractivity contribution < 1.29 is 9.47 Å². The van der Waals surface area contributed by atoms with Crippen LogP contribution in [0.15, 0.2) is 36.4 Å². The molecule has 0 saturated carbocycles. The van der Waals surface area contributed by atoms with E-state index in [9.17, 15) is 0 Å². The number of halogens is 2. The first-order valence-electron chi connectivity index (χ1n) is 6.03. The fourth-order valence-electron chi connectivity index (χ4n) is 1.86. The molecule has 3 nitrogen and oxygen atoms in total. The maximum Gasteiger partial charge on any atom is 0.162 e. The van der Waals surface area contributed by atoms with E-state index >= 15 is 0 Å². The molecule has 0 fully saturated rings. The molecule has 0 aliphatic rings. The second kappa shape index (κ2) is 6.73. The maximum absolute atomic E-state index is 5.97. The molecule has 0 radical (unpaired) electrons. The average Bonchev–Trinajstić information content (AvgIpc) is 2.43. The third-order valence-corrected chi connectivity index (χ3v) is 3.24. The lowest BCUT2D eigenvalue weighted by molar-refractivity contribution is 0.355. The van der Waals surface area contributed by atoms with Gasteiger partial charge >= 0.3 is 0 Å². The normalized spacial score (nSPS) is 10.2. The summed E-state index contributed by atoms with van der Waals surface area (Å²) in [7, 11) is 3.22. The van der Waals surface area contributed by atoms with E-state index in [4.69, 9.17) is 32.7 Å². The Balaban J connectivity index is 2.10. The number of anilines is 1. The molecule has 1 N–H and O–H groups in total. The highest BCUT2D eigenvalue weighted by Gasteiger charge is 2.04. The van der Waals surface area contributed by atoms with Crippen molar-refractivity contribution in [3.63, 3.8) is 0 Å². The van der Waals surface area contributed by atoms with E-state index in [1.165, 1.54) is 0 Å². The van der Waals surface area contributed by atoms with Gasteiger partial charge in [-0.3, -0.25) is 0 Å². The number of rotatable bonds is 5. The zero-order valence-electron chi connectivity index (χ0n) is 11.2. The lowest BCUT2D eigenvalue weighted by atomic mass is 10.2. The minimum atomic E-state index is 0.621. The Morgan fingerprint density at radius 2 is 1.55 bits per heavy atom. The van der Waals surface area contributed by atoms with Crippen molar-refractivity contribution in [1.29, 1.82) is 0 Å². The van der Waals surface area contributed by atoms with Crippen LogP contribution in [0.25, 0.3) is 0 Å². The molecule has 2 rings (SSSR count). The van der Waals surface area contributed by atoms with Gasteiger partial charge in [0.15, 0.2) is 11.5 Å². The fraction of sp³-hybridized carbons (Fsp3) is 0.200. The summed E-state index contributed by atoms with van der Waals surface area (Å²) in [5.41, 5.74) is 1.94. The van der Waals surface area contributed by atoms with Crippen LogP contribution in [-0.2, 0) is 6.54 Å².